The zero-order valence-corrected chi connectivity index (χ0v) is 53.9. The van der Waals surface area contributed by atoms with E-state index in [9.17, 15) is 91.3 Å². The van der Waals surface area contributed by atoms with Gasteiger partial charge in [-0.25, -0.2) is 0 Å². The molecular weight excluding hydrogens is 1240 g/mol. The summed E-state index contributed by atoms with van der Waals surface area (Å²) in [7, 11) is 0. The summed E-state index contributed by atoms with van der Waals surface area (Å²) < 4.78 is 65.9. The van der Waals surface area contributed by atoms with Crippen molar-refractivity contribution in [2.75, 3.05) is 33.0 Å². The number of esters is 2. The van der Waals surface area contributed by atoms with E-state index in [0.29, 0.717) is 51.4 Å². The maximum Gasteiger partial charge on any atom is 0.315 e. The number of allylic oxidation sites excluding steroid dienone is 2. The second kappa shape index (κ2) is 27.0. The number of carbonyl (C=O) groups excluding carboxylic acids is 2. The highest BCUT2D eigenvalue weighted by Gasteiger charge is 2.72. The van der Waals surface area contributed by atoms with Crippen LogP contribution in [0.5, 0.6) is 0 Å². The molecule has 5 aliphatic heterocycles. The molecule has 10 aliphatic rings. The van der Waals surface area contributed by atoms with Gasteiger partial charge in [-0.2, -0.15) is 0 Å². The molecule has 16 N–H and O–H groups in total. The van der Waals surface area contributed by atoms with Gasteiger partial charge in [0.25, 0.3) is 0 Å². The summed E-state index contributed by atoms with van der Waals surface area (Å²) >= 11 is 0. The van der Waals surface area contributed by atoms with Crippen molar-refractivity contribution < 1.29 is 148 Å². The van der Waals surface area contributed by atoms with E-state index in [1.165, 1.54) is 6.92 Å². The van der Waals surface area contributed by atoms with Crippen LogP contribution in [0.2, 0.25) is 0 Å². The first kappa shape index (κ1) is 72.9. The van der Waals surface area contributed by atoms with Crippen molar-refractivity contribution in [3.05, 3.63) is 11.6 Å². The Labute approximate surface area is 538 Å². The third-order valence-corrected chi connectivity index (χ3v) is 23.7. The predicted molar refractivity (Wildman–Crippen MR) is 310 cm³/mol. The van der Waals surface area contributed by atoms with Crippen LogP contribution in [0.15, 0.2) is 11.6 Å². The molecule has 0 bridgehead atoms. The third kappa shape index (κ3) is 13.1. The average molecular weight is 1340 g/mol. The van der Waals surface area contributed by atoms with Crippen molar-refractivity contribution >= 4 is 17.9 Å². The Balaban J connectivity index is 0.893. The number of rotatable bonds is 17. The average Bonchev–Trinajstić information content (AvgIpc) is 0.674. The summed E-state index contributed by atoms with van der Waals surface area (Å²) in [5, 5.41) is 175. The van der Waals surface area contributed by atoms with Crippen LogP contribution in [0.4, 0.5) is 0 Å². The van der Waals surface area contributed by atoms with E-state index < -0.39 is 250 Å². The van der Waals surface area contributed by atoms with E-state index in [2.05, 4.69) is 40.7 Å². The van der Waals surface area contributed by atoms with Gasteiger partial charge in [0.2, 0.25) is 6.29 Å². The first-order valence-corrected chi connectivity index (χ1v) is 32.6. The molecule has 0 aromatic rings. The molecular formula is C63H100O30. The van der Waals surface area contributed by atoms with Crippen molar-refractivity contribution in [3.8, 4) is 0 Å². The molecule has 0 aromatic carbocycles. The molecule has 532 valence electrons. The van der Waals surface area contributed by atoms with Crippen LogP contribution in [0.1, 0.15) is 126 Å². The molecule has 33 unspecified atom stereocenters. The topological polar surface area (TPSA) is 476 Å². The van der Waals surface area contributed by atoms with Crippen molar-refractivity contribution in [1.82, 2.24) is 0 Å². The van der Waals surface area contributed by atoms with Gasteiger partial charge in [-0.05, 0) is 111 Å². The number of carboxylic acids is 1. The molecule has 30 nitrogen and oxygen atoms in total. The van der Waals surface area contributed by atoms with Crippen LogP contribution < -0.4 is 0 Å². The van der Waals surface area contributed by atoms with Crippen LogP contribution >= 0.6 is 0 Å². The minimum absolute atomic E-state index is 0.117. The van der Waals surface area contributed by atoms with E-state index in [1.54, 1.807) is 0 Å². The Hall–Kier alpha value is -2.81. The third-order valence-electron chi connectivity index (χ3n) is 23.7. The maximum absolute atomic E-state index is 15.6. The van der Waals surface area contributed by atoms with Gasteiger partial charge in [-0.3, -0.25) is 14.4 Å². The monoisotopic (exact) mass is 1340 g/mol. The number of aliphatic hydroxyl groups is 15. The normalized spacial score (nSPS) is 51.3. The molecule has 93 heavy (non-hydrogen) atoms. The van der Waals surface area contributed by atoms with Gasteiger partial charge in [-0.1, -0.05) is 53.2 Å². The molecule has 0 aromatic heterocycles. The zero-order chi connectivity index (χ0) is 68.2. The smallest absolute Gasteiger partial charge is 0.315 e. The number of carboxylic acid groups (broad SMARTS) is 1. The summed E-state index contributed by atoms with van der Waals surface area (Å²) in [4.78, 5) is 40.4. The number of ether oxygens (including phenoxy) is 11. The van der Waals surface area contributed by atoms with Crippen LogP contribution in [-0.2, 0) is 66.5 Å². The highest BCUT2D eigenvalue weighted by molar-refractivity contribution is 5.79. The molecule has 5 heterocycles. The lowest BCUT2D eigenvalue weighted by molar-refractivity contribution is -0.377. The second-order valence-corrected chi connectivity index (χ2v) is 30.4. The summed E-state index contributed by atoms with van der Waals surface area (Å²) in [6.07, 6.45) is -35.1. The molecule has 5 aliphatic carbocycles. The quantitative estimate of drug-likeness (QED) is 0.0388. The number of aliphatic carboxylic acids is 1. The Morgan fingerprint density at radius 3 is 1.75 bits per heavy atom. The number of fused-ring (bicyclic) bond motifs is 7. The Morgan fingerprint density at radius 2 is 1.15 bits per heavy atom. The maximum atomic E-state index is 15.6. The Bertz CT molecular complexity index is 2680. The summed E-state index contributed by atoms with van der Waals surface area (Å²) in [5.74, 6) is -4.06. The molecule has 0 spiro atoms. The molecule has 10 rings (SSSR count). The van der Waals surface area contributed by atoms with E-state index in [-0.39, 0.29) is 23.7 Å². The van der Waals surface area contributed by atoms with Crippen molar-refractivity contribution in [2.24, 2.45) is 50.2 Å². The van der Waals surface area contributed by atoms with E-state index >= 15 is 4.79 Å². The van der Waals surface area contributed by atoms with Gasteiger partial charge in [0.1, 0.15) is 85.5 Å². The molecule has 5 saturated heterocycles. The van der Waals surface area contributed by atoms with Crippen LogP contribution in [0, 0.1) is 50.2 Å². The molecule has 0 radical (unpaired) electrons. The Morgan fingerprint density at radius 1 is 0.581 bits per heavy atom. The fourth-order valence-electron chi connectivity index (χ4n) is 18.3. The minimum Gasteiger partial charge on any atom is -0.481 e. The summed E-state index contributed by atoms with van der Waals surface area (Å²) in [5.41, 5.74) is -5.35. The number of hydrogen-bond acceptors (Lipinski definition) is 29. The van der Waals surface area contributed by atoms with Crippen molar-refractivity contribution in [3.63, 3.8) is 0 Å². The number of carbonyl (C=O) groups is 3. The van der Waals surface area contributed by atoms with Crippen LogP contribution in [-0.4, -0.2) is 286 Å². The lowest BCUT2D eigenvalue weighted by Gasteiger charge is -2.72. The molecule has 30 heteroatoms. The number of hydrogen-bond donors (Lipinski definition) is 16. The van der Waals surface area contributed by atoms with Crippen molar-refractivity contribution in [1.29, 1.82) is 0 Å². The van der Waals surface area contributed by atoms with Gasteiger partial charge in [-0.15, -0.1) is 0 Å². The lowest BCUT2D eigenvalue weighted by atomic mass is 9.33. The first-order valence-electron chi connectivity index (χ1n) is 32.6. The molecule has 4 saturated carbocycles. The van der Waals surface area contributed by atoms with Gasteiger partial charge < -0.3 is 134 Å². The van der Waals surface area contributed by atoms with Gasteiger partial charge in [0.05, 0.1) is 75.2 Å². The van der Waals surface area contributed by atoms with E-state index in [0.717, 1.165) is 12.5 Å². The van der Waals surface area contributed by atoms with Crippen LogP contribution in [0.25, 0.3) is 0 Å². The van der Waals surface area contributed by atoms with Gasteiger partial charge >= 0.3 is 17.9 Å². The zero-order valence-electron chi connectivity index (χ0n) is 53.9. The fraction of sp³-hybridized carbons (Fsp3) is 0.921. The van der Waals surface area contributed by atoms with Crippen molar-refractivity contribution in [2.45, 2.75) is 279 Å². The highest BCUT2D eigenvalue weighted by atomic mass is 16.8. The highest BCUT2D eigenvalue weighted by Crippen LogP contribution is 2.76. The van der Waals surface area contributed by atoms with E-state index in [1.807, 2.05) is 6.92 Å². The molecule has 33 atom stereocenters. The SMILES string of the molecule is CC1OC(OC2C(OC(=O)C34CCC(C)(C)CC3C3=CCC5C6(C)CC(O)C(OC7OC(CO)C(O)C(O)C7OC7OCC(O)C(O)C7O)C(C)(CO)C6CCC5(C)C3(C)CC4)OCC(O)C2O)C(O)C(OC2OCC(O)C(O)C2O)C1OC(=O)CC(C)(O)CC(=O)O. The minimum atomic E-state index is -2.09. The number of aliphatic hydroxyl groups excluding tert-OH is 14. The second-order valence-electron chi connectivity index (χ2n) is 30.4. The lowest BCUT2D eigenvalue weighted by Crippen LogP contribution is -2.70. The molecule has 9 fully saturated rings. The van der Waals surface area contributed by atoms with Gasteiger partial charge in [0.15, 0.2) is 37.4 Å². The fourth-order valence-corrected chi connectivity index (χ4v) is 18.3. The first-order chi connectivity index (χ1) is 43.4. The largest absolute Gasteiger partial charge is 0.481 e. The van der Waals surface area contributed by atoms with Gasteiger partial charge in [0, 0.05) is 5.41 Å². The molecule has 0 amide bonds. The predicted octanol–water partition coefficient (Wildman–Crippen LogP) is -3.16. The summed E-state index contributed by atoms with van der Waals surface area (Å²) in [6, 6.07) is 0. The summed E-state index contributed by atoms with van der Waals surface area (Å²) in [6.45, 7) is 12.5. The van der Waals surface area contributed by atoms with Crippen LogP contribution in [0.3, 0.4) is 0 Å². The standard InChI is InChI=1S/C63H100O30/c1-26-46(88-37(72)20-58(4,82)19-36(70)71)47(89-51-43(78)38(73)30(67)22-83-51)45(80)53(86-26)91-48-40(75)32(69)24-85-54(48)93-56(81)63-15-13-57(2,3)17-28(63)27-9-10-35-59(5)18-29(66)50(60(6,25-65)34(59)11-12-62(35,8)61(27,7)14-16-63)92-55-49(42(77)41(76)33(21-64)87-55)90-52-44(79)39(74)31(68)23-84-52/h9,26,28-35,38-55,64-69,73-80,82H,10-25H2,1-8H3,(H,70,71). The Kier molecular flexibility index (Phi) is 21.2. The van der Waals surface area contributed by atoms with E-state index in [4.69, 9.17) is 52.1 Å².